The number of hydrogen-bond acceptors (Lipinski definition) is 4. The van der Waals surface area contributed by atoms with Gasteiger partial charge in [0.1, 0.15) is 11.4 Å². The molecule has 0 aliphatic carbocycles. The molecule has 5 nitrogen and oxygen atoms in total. The van der Waals surface area contributed by atoms with Gasteiger partial charge in [0.2, 0.25) is 5.91 Å². The molecule has 4 rings (SSSR count). The Hall–Kier alpha value is -1.33. The van der Waals surface area contributed by atoms with Crippen LogP contribution < -0.4 is 0 Å². The van der Waals surface area contributed by atoms with Gasteiger partial charge in [-0.3, -0.25) is 9.69 Å². The molecule has 1 N–H and O–H groups in total. The van der Waals surface area contributed by atoms with E-state index < -0.39 is 5.60 Å². The van der Waals surface area contributed by atoms with Gasteiger partial charge in [0.15, 0.2) is 0 Å². The molecule has 0 spiro atoms. The number of rotatable bonds is 3. The van der Waals surface area contributed by atoms with Crippen molar-refractivity contribution in [3.05, 3.63) is 24.2 Å². The van der Waals surface area contributed by atoms with Crippen molar-refractivity contribution in [1.29, 1.82) is 0 Å². The average molecular weight is 346 g/mol. The molecule has 5 heteroatoms. The zero-order chi connectivity index (χ0) is 17.6. The van der Waals surface area contributed by atoms with Crippen LogP contribution in [0.5, 0.6) is 0 Å². The molecule has 3 aliphatic rings. The molecule has 4 heterocycles. The van der Waals surface area contributed by atoms with E-state index in [1.807, 2.05) is 12.1 Å². The first-order valence-corrected chi connectivity index (χ1v) is 9.81. The minimum atomic E-state index is -0.874. The molecule has 3 saturated heterocycles. The second kappa shape index (κ2) is 6.44. The number of hydrogen-bond donors (Lipinski definition) is 1. The highest BCUT2D eigenvalue weighted by Crippen LogP contribution is 2.45. The van der Waals surface area contributed by atoms with Gasteiger partial charge in [-0.05, 0) is 70.9 Å². The summed E-state index contributed by atoms with van der Waals surface area (Å²) in [6, 6.07) is 4.94. The quantitative estimate of drug-likeness (QED) is 0.914. The number of carbonyl (C=O) groups excluding carboxylic acids is 1. The van der Waals surface area contributed by atoms with E-state index in [0.717, 1.165) is 25.7 Å². The van der Waals surface area contributed by atoms with Crippen LogP contribution in [0.3, 0.4) is 0 Å². The largest absolute Gasteiger partial charge is 0.466 e. The Balaban J connectivity index is 1.45. The van der Waals surface area contributed by atoms with E-state index in [4.69, 9.17) is 4.42 Å². The van der Waals surface area contributed by atoms with Crippen LogP contribution in [-0.4, -0.2) is 51.5 Å². The summed E-state index contributed by atoms with van der Waals surface area (Å²) in [4.78, 5) is 17.5. The lowest BCUT2D eigenvalue weighted by atomic mass is 9.84. The third-order valence-corrected chi connectivity index (χ3v) is 6.70. The molecule has 3 aliphatic heterocycles. The fourth-order valence-corrected chi connectivity index (χ4v) is 5.47. The van der Waals surface area contributed by atoms with E-state index in [9.17, 15) is 9.90 Å². The Morgan fingerprint density at radius 1 is 1.20 bits per heavy atom. The average Bonchev–Trinajstić information content (AvgIpc) is 3.17. The molecular formula is C20H30N2O3. The van der Waals surface area contributed by atoms with Gasteiger partial charge < -0.3 is 14.4 Å². The number of likely N-dealkylation sites (tertiary alicyclic amines) is 1. The van der Waals surface area contributed by atoms with Crippen LogP contribution in [0, 0.1) is 0 Å². The van der Waals surface area contributed by atoms with Gasteiger partial charge in [-0.1, -0.05) is 0 Å². The molecule has 25 heavy (non-hydrogen) atoms. The highest BCUT2D eigenvalue weighted by atomic mass is 16.4. The molecule has 0 saturated carbocycles. The van der Waals surface area contributed by atoms with E-state index in [0.29, 0.717) is 37.2 Å². The molecule has 4 atom stereocenters. The van der Waals surface area contributed by atoms with Crippen molar-refractivity contribution in [2.24, 2.45) is 0 Å². The fourth-order valence-electron chi connectivity index (χ4n) is 5.47. The van der Waals surface area contributed by atoms with Gasteiger partial charge in [0, 0.05) is 24.2 Å². The molecule has 2 bridgehead atoms. The molecular weight excluding hydrogens is 316 g/mol. The predicted molar refractivity (Wildman–Crippen MR) is 95.0 cm³/mol. The van der Waals surface area contributed by atoms with Crippen LogP contribution in [0.25, 0.3) is 0 Å². The first-order chi connectivity index (χ1) is 12.0. The number of piperidine rings is 2. The summed E-state index contributed by atoms with van der Waals surface area (Å²) in [7, 11) is 0. The topological polar surface area (TPSA) is 56.9 Å². The molecule has 1 amide bonds. The van der Waals surface area contributed by atoms with Crippen molar-refractivity contribution >= 4 is 5.91 Å². The molecule has 0 aromatic carbocycles. The Bertz CT molecular complexity index is 590. The lowest BCUT2D eigenvalue weighted by molar-refractivity contribution is -0.142. The molecule has 138 valence electrons. The zero-order valence-corrected chi connectivity index (χ0v) is 15.4. The van der Waals surface area contributed by atoms with E-state index in [-0.39, 0.29) is 18.0 Å². The van der Waals surface area contributed by atoms with Gasteiger partial charge in [-0.15, -0.1) is 0 Å². The Kier molecular flexibility index (Phi) is 4.40. The van der Waals surface area contributed by atoms with E-state index in [1.54, 1.807) is 6.26 Å². The number of nitrogens with zero attached hydrogens (tertiary/aromatic N) is 2. The summed E-state index contributed by atoms with van der Waals surface area (Å²) in [5.74, 6) is 0.939. The van der Waals surface area contributed by atoms with Gasteiger partial charge in [-0.2, -0.15) is 0 Å². The van der Waals surface area contributed by atoms with Crippen LogP contribution in [0.1, 0.15) is 64.6 Å². The van der Waals surface area contributed by atoms with Crippen LogP contribution >= 0.6 is 0 Å². The van der Waals surface area contributed by atoms with Gasteiger partial charge in [-0.25, -0.2) is 0 Å². The van der Waals surface area contributed by atoms with E-state index in [2.05, 4.69) is 23.6 Å². The highest BCUT2D eigenvalue weighted by Gasteiger charge is 2.50. The number of carbonyl (C=O) groups is 1. The normalized spacial score (nSPS) is 38.9. The SMILES string of the molecule is C[C@@H]1CCC[C@H](C)N1C(=O)CN1[C@@H]2CC[C@@H]1CC(O)(c1ccco1)C2. The Morgan fingerprint density at radius 3 is 2.40 bits per heavy atom. The lowest BCUT2D eigenvalue weighted by Gasteiger charge is -2.45. The van der Waals surface area contributed by atoms with Crippen LogP contribution in [0.15, 0.2) is 22.8 Å². The first-order valence-electron chi connectivity index (χ1n) is 9.81. The van der Waals surface area contributed by atoms with Crippen molar-refractivity contribution in [2.45, 2.75) is 88.6 Å². The van der Waals surface area contributed by atoms with Crippen LogP contribution in [-0.2, 0) is 10.4 Å². The fraction of sp³-hybridized carbons (Fsp3) is 0.750. The Labute approximate surface area is 150 Å². The first kappa shape index (κ1) is 17.1. The summed E-state index contributed by atoms with van der Waals surface area (Å²) in [5.41, 5.74) is -0.874. The highest BCUT2D eigenvalue weighted by molar-refractivity contribution is 5.79. The molecule has 3 fully saturated rings. The van der Waals surface area contributed by atoms with Gasteiger partial charge in [0.05, 0.1) is 12.8 Å². The maximum absolute atomic E-state index is 13.0. The molecule has 0 radical (unpaired) electrons. The third-order valence-electron chi connectivity index (χ3n) is 6.70. The van der Waals surface area contributed by atoms with Crippen molar-refractivity contribution < 1.29 is 14.3 Å². The van der Waals surface area contributed by atoms with Gasteiger partial charge >= 0.3 is 0 Å². The van der Waals surface area contributed by atoms with E-state index >= 15 is 0 Å². The molecule has 1 aromatic rings. The summed E-state index contributed by atoms with van der Waals surface area (Å²) in [6.45, 7) is 4.85. The maximum Gasteiger partial charge on any atom is 0.237 e. The van der Waals surface area contributed by atoms with Crippen LogP contribution in [0.2, 0.25) is 0 Å². The van der Waals surface area contributed by atoms with Crippen molar-refractivity contribution in [3.63, 3.8) is 0 Å². The zero-order valence-electron chi connectivity index (χ0n) is 15.4. The number of fused-ring (bicyclic) bond motifs is 2. The summed E-state index contributed by atoms with van der Waals surface area (Å²) in [6.07, 6.45) is 8.52. The van der Waals surface area contributed by atoms with Crippen molar-refractivity contribution in [3.8, 4) is 0 Å². The summed E-state index contributed by atoms with van der Waals surface area (Å²) in [5, 5.41) is 11.1. The maximum atomic E-state index is 13.0. The molecule has 1 aromatic heterocycles. The third kappa shape index (κ3) is 3.02. The molecule has 0 unspecified atom stereocenters. The number of furan rings is 1. The van der Waals surface area contributed by atoms with E-state index in [1.165, 1.54) is 6.42 Å². The minimum Gasteiger partial charge on any atom is -0.466 e. The Morgan fingerprint density at radius 2 is 1.84 bits per heavy atom. The summed E-state index contributed by atoms with van der Waals surface area (Å²) < 4.78 is 5.50. The van der Waals surface area contributed by atoms with Crippen molar-refractivity contribution in [2.75, 3.05) is 6.54 Å². The standard InChI is InChI=1S/C20H30N2O3/c1-14-5-3-6-15(2)22(14)19(23)13-21-16-8-9-17(21)12-20(24,11-16)18-7-4-10-25-18/h4,7,10,14-17,24H,3,5-6,8-9,11-13H2,1-2H3/t14-,15+,16-,17-/m1/s1. The second-order valence-corrected chi connectivity index (χ2v) is 8.40. The van der Waals surface area contributed by atoms with Crippen molar-refractivity contribution in [1.82, 2.24) is 9.80 Å². The number of amides is 1. The lowest BCUT2D eigenvalue weighted by Crippen LogP contribution is -2.55. The monoisotopic (exact) mass is 346 g/mol. The number of aliphatic hydroxyl groups is 1. The van der Waals surface area contributed by atoms with Gasteiger partial charge in [0.25, 0.3) is 0 Å². The predicted octanol–water partition coefficient (Wildman–Crippen LogP) is 2.88. The second-order valence-electron chi connectivity index (χ2n) is 8.40. The summed E-state index contributed by atoms with van der Waals surface area (Å²) >= 11 is 0. The van der Waals surface area contributed by atoms with Crippen LogP contribution in [0.4, 0.5) is 0 Å². The minimum absolute atomic E-state index is 0.264. The smallest absolute Gasteiger partial charge is 0.237 e.